The van der Waals surface area contributed by atoms with Crippen molar-refractivity contribution < 1.29 is 9.66 Å². The molecule has 0 spiro atoms. The number of aromatic nitrogens is 1. The maximum absolute atomic E-state index is 11.1. The van der Waals surface area contributed by atoms with Crippen LogP contribution in [0.5, 0.6) is 5.75 Å². The maximum atomic E-state index is 11.1. The molecule has 1 heterocycles. The topological polar surface area (TPSA) is 89.0 Å². The van der Waals surface area contributed by atoms with Gasteiger partial charge >= 0.3 is 5.69 Å². The Hall–Kier alpha value is -2.94. The van der Waals surface area contributed by atoms with Gasteiger partial charge in [-0.3, -0.25) is 10.1 Å². The maximum Gasteiger partial charge on any atom is 0.311 e. The van der Waals surface area contributed by atoms with E-state index in [0.29, 0.717) is 5.56 Å². The number of pyridine rings is 1. The highest BCUT2D eigenvalue weighted by atomic mass is 16.6. The Morgan fingerprint density at radius 1 is 1.38 bits per heavy atom. The molecule has 1 aromatic heterocycles. The smallest absolute Gasteiger partial charge is 0.311 e. The highest BCUT2D eigenvalue weighted by molar-refractivity contribution is 5.53. The summed E-state index contributed by atoms with van der Waals surface area (Å²) < 4.78 is 5.59. The molecule has 0 amide bonds. The van der Waals surface area contributed by atoms with Gasteiger partial charge in [-0.05, 0) is 42.7 Å². The summed E-state index contributed by atoms with van der Waals surface area (Å²) in [6.45, 7) is 3.70. The molecule has 106 valence electrons. The van der Waals surface area contributed by atoms with Crippen LogP contribution in [0.25, 0.3) is 0 Å². The molecular weight excluding hydrogens is 270 g/mol. The lowest BCUT2D eigenvalue weighted by Crippen LogP contribution is -2.02. The Balaban J connectivity index is 2.27. The molecule has 2 rings (SSSR count). The molecule has 0 saturated carbocycles. The van der Waals surface area contributed by atoms with Crippen molar-refractivity contribution >= 4 is 5.69 Å². The fourth-order valence-electron chi connectivity index (χ4n) is 2.04. The molecule has 0 aliphatic heterocycles. The second-order valence-corrected chi connectivity index (χ2v) is 4.64. The van der Waals surface area contributed by atoms with Gasteiger partial charge in [0, 0.05) is 12.3 Å². The van der Waals surface area contributed by atoms with E-state index in [0.717, 1.165) is 11.1 Å². The summed E-state index contributed by atoms with van der Waals surface area (Å²) in [5.41, 5.74) is 2.47. The van der Waals surface area contributed by atoms with Gasteiger partial charge in [-0.25, -0.2) is 4.98 Å². The van der Waals surface area contributed by atoms with Crippen molar-refractivity contribution in [3.05, 3.63) is 63.0 Å². The van der Waals surface area contributed by atoms with E-state index in [4.69, 9.17) is 10.00 Å². The zero-order valence-electron chi connectivity index (χ0n) is 11.7. The van der Waals surface area contributed by atoms with Crippen molar-refractivity contribution in [2.45, 2.75) is 20.5 Å². The molecule has 0 saturated heterocycles. The van der Waals surface area contributed by atoms with Gasteiger partial charge in [0.25, 0.3) is 0 Å². The van der Waals surface area contributed by atoms with Crippen molar-refractivity contribution in [1.29, 1.82) is 5.26 Å². The Morgan fingerprint density at radius 3 is 2.81 bits per heavy atom. The average molecular weight is 283 g/mol. The number of rotatable bonds is 4. The molecule has 2 aromatic rings. The van der Waals surface area contributed by atoms with Crippen molar-refractivity contribution in [3.8, 4) is 11.8 Å². The third kappa shape index (κ3) is 3.34. The van der Waals surface area contributed by atoms with Gasteiger partial charge in [0.15, 0.2) is 5.75 Å². The third-order valence-electron chi connectivity index (χ3n) is 2.92. The Labute approximate surface area is 121 Å². The monoisotopic (exact) mass is 283 g/mol. The summed E-state index contributed by atoms with van der Waals surface area (Å²) in [6, 6.07) is 8.55. The molecule has 0 aliphatic rings. The van der Waals surface area contributed by atoms with E-state index < -0.39 is 4.92 Å². The number of hydrogen-bond acceptors (Lipinski definition) is 5. The fourth-order valence-corrected chi connectivity index (χ4v) is 2.04. The van der Waals surface area contributed by atoms with E-state index in [2.05, 4.69) is 4.98 Å². The van der Waals surface area contributed by atoms with E-state index in [1.165, 1.54) is 12.3 Å². The second-order valence-electron chi connectivity index (χ2n) is 4.64. The van der Waals surface area contributed by atoms with Crippen LogP contribution in [0, 0.1) is 35.3 Å². The van der Waals surface area contributed by atoms with Gasteiger partial charge in [-0.15, -0.1) is 0 Å². The summed E-state index contributed by atoms with van der Waals surface area (Å²) in [6.07, 6.45) is 1.51. The summed E-state index contributed by atoms with van der Waals surface area (Å²) >= 11 is 0. The lowest BCUT2D eigenvalue weighted by Gasteiger charge is -2.10. The first-order valence-electron chi connectivity index (χ1n) is 6.24. The van der Waals surface area contributed by atoms with Gasteiger partial charge in [-0.1, -0.05) is 6.07 Å². The van der Waals surface area contributed by atoms with Crippen LogP contribution >= 0.6 is 0 Å². The summed E-state index contributed by atoms with van der Waals surface area (Å²) in [5, 5.41) is 19.9. The quantitative estimate of drug-likeness (QED) is 0.635. The van der Waals surface area contributed by atoms with Crippen molar-refractivity contribution in [2.75, 3.05) is 0 Å². The number of nitro benzene ring substituents is 1. The van der Waals surface area contributed by atoms with Gasteiger partial charge in [0.1, 0.15) is 18.4 Å². The molecule has 21 heavy (non-hydrogen) atoms. The molecule has 0 atom stereocenters. The van der Waals surface area contributed by atoms with E-state index in [1.54, 1.807) is 26.0 Å². The molecule has 0 radical (unpaired) electrons. The van der Waals surface area contributed by atoms with Crippen LogP contribution in [0.1, 0.15) is 22.4 Å². The van der Waals surface area contributed by atoms with Crippen LogP contribution in [-0.2, 0) is 6.61 Å². The molecule has 0 fully saturated rings. The number of benzene rings is 1. The van der Waals surface area contributed by atoms with Crippen LogP contribution in [0.4, 0.5) is 5.69 Å². The number of nitrogens with zero attached hydrogens (tertiary/aromatic N) is 3. The van der Waals surface area contributed by atoms with Crippen LogP contribution in [0.3, 0.4) is 0 Å². The predicted octanol–water partition coefficient (Wildman–Crippen LogP) is 3.06. The lowest BCUT2D eigenvalue weighted by molar-refractivity contribution is -0.386. The average Bonchev–Trinajstić information content (AvgIpc) is 2.45. The normalized spacial score (nSPS) is 9.95. The predicted molar refractivity (Wildman–Crippen MR) is 75.9 cm³/mol. The Bertz CT molecular complexity index is 735. The van der Waals surface area contributed by atoms with Crippen molar-refractivity contribution in [3.63, 3.8) is 0 Å². The van der Waals surface area contributed by atoms with Gasteiger partial charge in [-0.2, -0.15) is 5.26 Å². The highest BCUT2D eigenvalue weighted by Crippen LogP contribution is 2.32. The third-order valence-corrected chi connectivity index (χ3v) is 2.92. The Kier molecular flexibility index (Phi) is 4.14. The molecule has 6 heteroatoms. The number of aryl methyl sites for hydroxylation is 2. The minimum Gasteiger partial charge on any atom is -0.482 e. The molecule has 0 unspecified atom stereocenters. The minimum atomic E-state index is -0.456. The van der Waals surface area contributed by atoms with E-state index in [1.807, 2.05) is 12.1 Å². The van der Waals surface area contributed by atoms with Gasteiger partial charge in [0.2, 0.25) is 0 Å². The first-order chi connectivity index (χ1) is 10.0. The van der Waals surface area contributed by atoms with Crippen molar-refractivity contribution in [2.24, 2.45) is 0 Å². The first kappa shape index (κ1) is 14.5. The van der Waals surface area contributed by atoms with E-state index in [-0.39, 0.29) is 23.7 Å². The number of ether oxygens (including phenoxy) is 1. The SMILES string of the molecule is Cc1cc(C)c(OCc2ccnc(C#N)c2)c([N+](=O)[O-])c1. The molecule has 0 N–H and O–H groups in total. The molecule has 1 aromatic carbocycles. The zero-order chi connectivity index (χ0) is 15.4. The highest BCUT2D eigenvalue weighted by Gasteiger charge is 2.18. The standard InChI is InChI=1S/C15H13N3O3/c1-10-5-11(2)15(14(6-10)18(19)20)21-9-12-3-4-17-13(7-12)8-16/h3-7H,9H2,1-2H3. The van der Waals surface area contributed by atoms with Crippen LogP contribution in [0.2, 0.25) is 0 Å². The molecule has 0 aliphatic carbocycles. The fraction of sp³-hybridized carbons (Fsp3) is 0.200. The van der Waals surface area contributed by atoms with Gasteiger partial charge in [0.05, 0.1) is 4.92 Å². The van der Waals surface area contributed by atoms with Gasteiger partial charge < -0.3 is 4.74 Å². The molecule has 0 bridgehead atoms. The largest absolute Gasteiger partial charge is 0.482 e. The summed E-state index contributed by atoms with van der Waals surface area (Å²) in [5.74, 6) is 0.251. The zero-order valence-corrected chi connectivity index (χ0v) is 11.7. The number of nitro groups is 1. The first-order valence-corrected chi connectivity index (χ1v) is 6.24. The molecule has 6 nitrogen and oxygen atoms in total. The van der Waals surface area contributed by atoms with Crippen LogP contribution in [-0.4, -0.2) is 9.91 Å². The summed E-state index contributed by atoms with van der Waals surface area (Å²) in [4.78, 5) is 14.5. The molecular formula is C15H13N3O3. The van der Waals surface area contributed by atoms with Crippen LogP contribution in [0.15, 0.2) is 30.5 Å². The Morgan fingerprint density at radius 2 is 2.14 bits per heavy atom. The second kappa shape index (κ2) is 6.01. The van der Waals surface area contributed by atoms with Crippen LogP contribution < -0.4 is 4.74 Å². The lowest BCUT2D eigenvalue weighted by atomic mass is 10.1. The number of hydrogen-bond donors (Lipinski definition) is 0. The van der Waals surface area contributed by atoms with E-state index in [9.17, 15) is 10.1 Å². The summed E-state index contributed by atoms with van der Waals surface area (Å²) in [7, 11) is 0. The van der Waals surface area contributed by atoms with Crippen molar-refractivity contribution in [1.82, 2.24) is 4.98 Å². The van der Waals surface area contributed by atoms with E-state index >= 15 is 0 Å². The number of nitriles is 1. The minimum absolute atomic E-state index is 0.0536.